The Morgan fingerprint density at radius 3 is 2.56 bits per heavy atom. The van der Waals surface area contributed by atoms with Crippen LogP contribution in [0.4, 0.5) is 0 Å². The van der Waals surface area contributed by atoms with Crippen LogP contribution in [0.3, 0.4) is 0 Å². The Kier molecular flexibility index (Phi) is 6.09. The van der Waals surface area contributed by atoms with E-state index in [4.69, 9.17) is 4.74 Å². The molecule has 3 heteroatoms. The van der Waals surface area contributed by atoms with Crippen molar-refractivity contribution >= 4 is 11.7 Å². The molecule has 0 heterocycles. The first kappa shape index (κ1) is 23.5. The van der Waals surface area contributed by atoms with Crippen LogP contribution in [0.15, 0.2) is 40.8 Å². The van der Waals surface area contributed by atoms with E-state index < -0.39 is 0 Å². The van der Waals surface area contributed by atoms with E-state index in [0.717, 1.165) is 42.1 Å². The lowest BCUT2D eigenvalue weighted by Crippen LogP contribution is -2.56. The minimum Gasteiger partial charge on any atom is -0.431 e. The van der Waals surface area contributed by atoms with Gasteiger partial charge in [0, 0.05) is 25.3 Å². The molecule has 0 bridgehead atoms. The fourth-order valence-electron chi connectivity index (χ4n) is 8.26. The highest BCUT2D eigenvalue weighted by Crippen LogP contribution is 2.71. The molecule has 1 unspecified atom stereocenters. The van der Waals surface area contributed by atoms with Crippen LogP contribution in [0, 0.1) is 39.9 Å². The molecule has 176 valence electrons. The minimum absolute atomic E-state index is 0.178. The van der Waals surface area contributed by atoms with E-state index in [-0.39, 0.29) is 11.4 Å². The Labute approximate surface area is 195 Å². The molecule has 0 aromatic heterocycles. The zero-order valence-electron chi connectivity index (χ0n) is 21.3. The van der Waals surface area contributed by atoms with Crippen LogP contribution in [0.2, 0.25) is 0 Å². The molecule has 3 nitrogen and oxygen atoms in total. The molecule has 2 saturated carbocycles. The van der Waals surface area contributed by atoms with Crippen LogP contribution in [-0.2, 0) is 9.53 Å². The molecule has 4 aliphatic rings. The fraction of sp³-hybridized carbons (Fsp3) is 0.724. The van der Waals surface area contributed by atoms with Gasteiger partial charge in [-0.05, 0) is 104 Å². The summed E-state index contributed by atoms with van der Waals surface area (Å²) in [6, 6.07) is 0. The van der Waals surface area contributed by atoms with E-state index in [1.165, 1.54) is 44.6 Å². The van der Waals surface area contributed by atoms with Gasteiger partial charge in [-0.3, -0.25) is 9.79 Å². The maximum atomic E-state index is 11.5. The van der Waals surface area contributed by atoms with Crippen LogP contribution in [0.5, 0.6) is 0 Å². The smallest absolute Gasteiger partial charge is 0.307 e. The molecule has 0 aromatic carbocycles. The quantitative estimate of drug-likeness (QED) is 0.335. The van der Waals surface area contributed by atoms with Crippen molar-refractivity contribution in [2.75, 3.05) is 0 Å². The Balaban J connectivity index is 1.60. The van der Waals surface area contributed by atoms with Crippen LogP contribution in [0.1, 0.15) is 93.4 Å². The summed E-state index contributed by atoms with van der Waals surface area (Å²) in [6.07, 6.45) is 17.5. The molecule has 0 saturated heterocycles. The fourth-order valence-corrected chi connectivity index (χ4v) is 8.26. The van der Waals surface area contributed by atoms with E-state index in [1.807, 2.05) is 6.20 Å². The molecule has 0 radical (unpaired) electrons. The second kappa shape index (κ2) is 8.29. The number of aliphatic imine (C=N–C) groups is 1. The molecule has 0 amide bonds. The summed E-state index contributed by atoms with van der Waals surface area (Å²) in [7, 11) is 0. The molecular weight excluding hydrogens is 394 g/mol. The lowest BCUT2D eigenvalue weighted by molar-refractivity contribution is -0.138. The number of rotatable bonds is 4. The molecule has 0 aromatic rings. The first-order valence-corrected chi connectivity index (χ1v) is 12.8. The zero-order chi connectivity index (χ0) is 23.3. The van der Waals surface area contributed by atoms with Gasteiger partial charge in [0.15, 0.2) is 0 Å². The van der Waals surface area contributed by atoms with E-state index in [9.17, 15) is 4.79 Å². The van der Waals surface area contributed by atoms with E-state index >= 15 is 0 Å². The molecule has 32 heavy (non-hydrogen) atoms. The summed E-state index contributed by atoms with van der Waals surface area (Å²) in [6.45, 7) is 15.7. The van der Waals surface area contributed by atoms with E-state index in [2.05, 4.69) is 64.8 Å². The molecule has 4 rings (SSSR count). The molecule has 0 aliphatic heterocycles. The number of hydrogen-bond acceptors (Lipinski definition) is 3. The molecule has 7 atom stereocenters. The van der Waals surface area contributed by atoms with Gasteiger partial charge in [-0.15, -0.1) is 0 Å². The summed E-state index contributed by atoms with van der Waals surface area (Å²) in [5, 5.41) is 0. The van der Waals surface area contributed by atoms with Gasteiger partial charge in [0.05, 0.1) is 0 Å². The summed E-state index contributed by atoms with van der Waals surface area (Å²) in [5.74, 6) is 3.53. The van der Waals surface area contributed by atoms with Gasteiger partial charge in [-0.25, -0.2) is 0 Å². The van der Waals surface area contributed by atoms with Crippen molar-refractivity contribution in [3.8, 4) is 0 Å². The maximum Gasteiger partial charge on any atom is 0.307 e. The van der Waals surface area contributed by atoms with Gasteiger partial charge in [-0.2, -0.15) is 0 Å². The third kappa shape index (κ3) is 3.64. The number of allylic oxidation sites excluding steroid dienone is 5. The molecule has 0 N–H and O–H groups in total. The summed E-state index contributed by atoms with van der Waals surface area (Å²) < 4.78 is 5.49. The van der Waals surface area contributed by atoms with Crippen LogP contribution < -0.4 is 0 Å². The number of hydrogen-bond donors (Lipinski definition) is 0. The lowest BCUT2D eigenvalue weighted by atomic mass is 9.41. The van der Waals surface area contributed by atoms with Crippen molar-refractivity contribution < 1.29 is 9.53 Å². The second-order valence-corrected chi connectivity index (χ2v) is 12.0. The van der Waals surface area contributed by atoms with Crippen molar-refractivity contribution in [3.05, 3.63) is 35.8 Å². The van der Waals surface area contributed by atoms with Gasteiger partial charge < -0.3 is 4.74 Å². The Morgan fingerprint density at radius 2 is 1.88 bits per heavy atom. The second-order valence-electron chi connectivity index (χ2n) is 12.0. The van der Waals surface area contributed by atoms with Crippen molar-refractivity contribution in [1.82, 2.24) is 0 Å². The highest BCUT2D eigenvalue weighted by molar-refractivity contribution is 5.79. The normalized spacial score (nSPS) is 41.7. The predicted molar refractivity (Wildman–Crippen MR) is 132 cm³/mol. The first-order valence-electron chi connectivity index (χ1n) is 12.8. The van der Waals surface area contributed by atoms with Crippen molar-refractivity contribution in [2.24, 2.45) is 44.9 Å². The molecule has 0 spiro atoms. The van der Waals surface area contributed by atoms with Gasteiger partial charge in [-0.1, -0.05) is 39.8 Å². The number of esters is 1. The van der Waals surface area contributed by atoms with Crippen molar-refractivity contribution in [3.63, 3.8) is 0 Å². The number of carbonyl (C=O) groups excluding carboxylic acids is 1. The average Bonchev–Trinajstić information content (AvgIpc) is 3.06. The largest absolute Gasteiger partial charge is 0.431 e. The van der Waals surface area contributed by atoms with Crippen LogP contribution in [-0.4, -0.2) is 11.7 Å². The minimum atomic E-state index is -0.200. The Hall–Kier alpha value is -1.64. The highest BCUT2D eigenvalue weighted by Gasteiger charge is 2.63. The predicted octanol–water partition coefficient (Wildman–Crippen LogP) is 7.64. The number of ether oxygens (including phenoxy) is 1. The number of nitrogens with zero attached hydrogens (tertiary/aromatic N) is 1. The standard InChI is InChI=1S/C29H43NO2/c1-19(2)30-17-13-20(3)24-10-11-25-26-9-8-22-18-23(32-21(4)31)12-14-28(22,6)29(26,7)16-15-27(24,25)5/h8,13,17-18,20,24-26H,9-12,14-16H2,1-7H3/b17-13+/t20-,24-,25?,26+,27-,28+,29+/m1/s1. The molecular formula is C29H43NO2. The third-order valence-electron chi connectivity index (χ3n) is 10.3. The monoisotopic (exact) mass is 437 g/mol. The summed E-state index contributed by atoms with van der Waals surface area (Å²) in [5.41, 5.74) is 3.46. The van der Waals surface area contributed by atoms with Crippen LogP contribution in [0.25, 0.3) is 0 Å². The average molecular weight is 438 g/mol. The maximum absolute atomic E-state index is 11.5. The summed E-state index contributed by atoms with van der Waals surface area (Å²) in [4.78, 5) is 16.0. The van der Waals surface area contributed by atoms with Crippen molar-refractivity contribution in [1.29, 1.82) is 0 Å². The highest BCUT2D eigenvalue weighted by atomic mass is 16.5. The lowest BCUT2D eigenvalue weighted by Gasteiger charge is -2.63. The van der Waals surface area contributed by atoms with Gasteiger partial charge in [0.2, 0.25) is 0 Å². The molecule has 2 fully saturated rings. The van der Waals surface area contributed by atoms with E-state index in [1.54, 1.807) is 0 Å². The molecule has 4 aliphatic carbocycles. The Bertz CT molecular complexity index is 891. The first-order chi connectivity index (χ1) is 15.0. The summed E-state index contributed by atoms with van der Waals surface area (Å²) >= 11 is 0. The van der Waals surface area contributed by atoms with Gasteiger partial charge >= 0.3 is 5.97 Å². The SMILES string of the molecule is CC(=O)OC1=CC2=CC[C@H]3C4CC[C@H]([C@H](C)/C=C/N=C(C)C)[C@@]4(C)CC[C@]3(C)[C@@]2(C)CC1. The van der Waals surface area contributed by atoms with E-state index in [0.29, 0.717) is 16.7 Å². The van der Waals surface area contributed by atoms with Crippen molar-refractivity contribution in [2.45, 2.75) is 93.4 Å². The van der Waals surface area contributed by atoms with Gasteiger partial charge in [0.1, 0.15) is 5.76 Å². The number of carbonyl (C=O) groups is 1. The van der Waals surface area contributed by atoms with Gasteiger partial charge in [0.25, 0.3) is 0 Å². The zero-order valence-corrected chi connectivity index (χ0v) is 21.3. The topological polar surface area (TPSA) is 38.7 Å². The van der Waals surface area contributed by atoms with Crippen LogP contribution >= 0.6 is 0 Å². The Morgan fingerprint density at radius 1 is 1.12 bits per heavy atom. The third-order valence-corrected chi connectivity index (χ3v) is 10.3. The number of fused-ring (bicyclic) bond motifs is 5.